The van der Waals surface area contributed by atoms with Gasteiger partial charge >= 0.3 is 11.7 Å². The van der Waals surface area contributed by atoms with Crippen molar-refractivity contribution in [2.45, 2.75) is 0 Å². The SMILES string of the molecule is Cn1c([N+](=O)[O-])cnc1C(=O)N/N=C/c1ncc(Cl)[nH]1. The van der Waals surface area contributed by atoms with Gasteiger partial charge in [-0.05, 0) is 4.92 Å². The summed E-state index contributed by atoms with van der Waals surface area (Å²) in [5, 5.41) is 14.6. The largest absolute Gasteiger partial charge is 0.358 e. The lowest BCUT2D eigenvalue weighted by molar-refractivity contribution is -0.391. The number of aromatic nitrogens is 4. The zero-order chi connectivity index (χ0) is 14.7. The van der Waals surface area contributed by atoms with E-state index in [9.17, 15) is 14.9 Å². The highest BCUT2D eigenvalue weighted by Crippen LogP contribution is 2.11. The molecule has 0 radical (unpaired) electrons. The fourth-order valence-corrected chi connectivity index (χ4v) is 1.51. The summed E-state index contributed by atoms with van der Waals surface area (Å²) in [7, 11) is 1.36. The molecule has 2 N–H and O–H groups in total. The number of nitrogens with one attached hydrogen (secondary N) is 2. The number of imidazole rings is 2. The standard InChI is InChI=1S/C9H8ClN7O3/c1-16-7(17(19)20)4-12-8(16)9(18)15-13-3-6-11-2-5(10)14-6/h2-4H,1H3,(H,11,14)(H,15,18)/b13-3+. The van der Waals surface area contributed by atoms with Gasteiger partial charge in [-0.1, -0.05) is 11.6 Å². The van der Waals surface area contributed by atoms with E-state index >= 15 is 0 Å². The number of rotatable bonds is 4. The number of hydrogen-bond acceptors (Lipinski definition) is 6. The van der Waals surface area contributed by atoms with Gasteiger partial charge in [0.2, 0.25) is 0 Å². The van der Waals surface area contributed by atoms with Crippen molar-refractivity contribution in [3.05, 3.63) is 39.3 Å². The van der Waals surface area contributed by atoms with E-state index in [0.29, 0.717) is 11.0 Å². The van der Waals surface area contributed by atoms with Crippen LogP contribution in [0.3, 0.4) is 0 Å². The van der Waals surface area contributed by atoms with Gasteiger partial charge in [0, 0.05) is 0 Å². The molecule has 0 aliphatic carbocycles. The lowest BCUT2D eigenvalue weighted by Crippen LogP contribution is -2.22. The average Bonchev–Trinajstić information content (AvgIpc) is 2.95. The average molecular weight is 298 g/mol. The first-order valence-electron chi connectivity index (χ1n) is 5.19. The third-order valence-electron chi connectivity index (χ3n) is 2.27. The molecule has 2 aromatic heterocycles. The first kappa shape index (κ1) is 13.7. The normalized spacial score (nSPS) is 10.9. The fraction of sp³-hybridized carbons (Fsp3) is 0.111. The van der Waals surface area contributed by atoms with Crippen LogP contribution in [0.5, 0.6) is 0 Å². The monoisotopic (exact) mass is 297 g/mol. The molecule has 2 aromatic rings. The van der Waals surface area contributed by atoms with Crippen LogP contribution in [0.2, 0.25) is 5.15 Å². The highest BCUT2D eigenvalue weighted by molar-refractivity contribution is 6.29. The molecular weight excluding hydrogens is 290 g/mol. The highest BCUT2D eigenvalue weighted by Gasteiger charge is 2.22. The van der Waals surface area contributed by atoms with Crippen LogP contribution in [0, 0.1) is 10.1 Å². The lowest BCUT2D eigenvalue weighted by atomic mass is 10.6. The summed E-state index contributed by atoms with van der Waals surface area (Å²) < 4.78 is 1.05. The maximum atomic E-state index is 11.7. The van der Waals surface area contributed by atoms with Gasteiger partial charge in [0.15, 0.2) is 5.82 Å². The molecule has 104 valence electrons. The smallest absolute Gasteiger partial charge is 0.343 e. The summed E-state index contributed by atoms with van der Waals surface area (Å²) in [6.07, 6.45) is 3.61. The molecule has 0 saturated heterocycles. The van der Waals surface area contributed by atoms with Crippen LogP contribution in [0.15, 0.2) is 17.5 Å². The predicted molar refractivity (Wildman–Crippen MR) is 68.5 cm³/mol. The van der Waals surface area contributed by atoms with Gasteiger partial charge in [0.1, 0.15) is 11.3 Å². The van der Waals surface area contributed by atoms with Gasteiger partial charge < -0.3 is 15.1 Å². The molecule has 11 heteroatoms. The molecule has 0 atom stereocenters. The number of nitro groups is 1. The minimum Gasteiger partial charge on any atom is -0.358 e. The zero-order valence-corrected chi connectivity index (χ0v) is 10.8. The predicted octanol–water partition coefficient (Wildman–Crippen LogP) is 0.469. The second-order valence-electron chi connectivity index (χ2n) is 3.57. The minimum atomic E-state index is -0.686. The molecule has 0 aliphatic heterocycles. The van der Waals surface area contributed by atoms with Crippen molar-refractivity contribution in [1.82, 2.24) is 24.9 Å². The number of hydrogen-bond donors (Lipinski definition) is 2. The van der Waals surface area contributed by atoms with Crippen molar-refractivity contribution >= 4 is 29.5 Å². The Hall–Kier alpha value is -2.75. The minimum absolute atomic E-state index is 0.133. The maximum Gasteiger partial charge on any atom is 0.343 e. The number of H-pyrrole nitrogens is 1. The molecule has 20 heavy (non-hydrogen) atoms. The van der Waals surface area contributed by atoms with E-state index in [1.165, 1.54) is 19.5 Å². The number of carbonyl (C=O) groups is 1. The Morgan fingerprint density at radius 2 is 2.35 bits per heavy atom. The van der Waals surface area contributed by atoms with Crippen molar-refractivity contribution < 1.29 is 9.72 Å². The van der Waals surface area contributed by atoms with Crippen LogP contribution in [0.1, 0.15) is 16.4 Å². The Kier molecular flexibility index (Phi) is 3.75. The Balaban J connectivity index is 2.05. The van der Waals surface area contributed by atoms with Crippen LogP contribution < -0.4 is 5.43 Å². The summed E-state index contributed by atoms with van der Waals surface area (Å²) in [6.45, 7) is 0. The van der Waals surface area contributed by atoms with Crippen LogP contribution in [-0.2, 0) is 7.05 Å². The van der Waals surface area contributed by atoms with Crippen molar-refractivity contribution in [3.8, 4) is 0 Å². The number of halogens is 1. The summed E-state index contributed by atoms with van der Waals surface area (Å²) in [5.41, 5.74) is 2.17. The van der Waals surface area contributed by atoms with Gasteiger partial charge in [0.05, 0.1) is 19.5 Å². The number of hydrazone groups is 1. The number of nitrogens with zero attached hydrogens (tertiary/aromatic N) is 5. The van der Waals surface area contributed by atoms with Crippen LogP contribution in [0.25, 0.3) is 0 Å². The van der Waals surface area contributed by atoms with Gasteiger partial charge in [-0.3, -0.25) is 4.79 Å². The Bertz CT molecular complexity index is 690. The van der Waals surface area contributed by atoms with Gasteiger partial charge in [-0.2, -0.15) is 5.10 Å². The number of carbonyl (C=O) groups excluding carboxylic acids is 1. The maximum absolute atomic E-state index is 11.7. The van der Waals surface area contributed by atoms with Crippen LogP contribution >= 0.6 is 11.6 Å². The molecule has 0 aliphatic rings. The lowest BCUT2D eigenvalue weighted by Gasteiger charge is -1.97. The Labute approximate surface area is 116 Å². The molecule has 0 saturated carbocycles. The van der Waals surface area contributed by atoms with E-state index in [0.717, 1.165) is 10.8 Å². The molecule has 0 spiro atoms. The van der Waals surface area contributed by atoms with Gasteiger partial charge in [-0.25, -0.2) is 20.0 Å². The second kappa shape index (κ2) is 5.48. The summed E-state index contributed by atoms with van der Waals surface area (Å²) in [5.74, 6) is -0.765. The first-order valence-corrected chi connectivity index (χ1v) is 5.57. The quantitative estimate of drug-likeness (QED) is 0.481. The van der Waals surface area contributed by atoms with E-state index in [1.807, 2.05) is 0 Å². The third-order valence-corrected chi connectivity index (χ3v) is 2.46. The van der Waals surface area contributed by atoms with Gasteiger partial charge in [-0.15, -0.1) is 0 Å². The zero-order valence-electron chi connectivity index (χ0n) is 10.1. The topological polar surface area (TPSA) is 131 Å². The van der Waals surface area contributed by atoms with Crippen molar-refractivity contribution in [2.24, 2.45) is 12.1 Å². The molecule has 0 aromatic carbocycles. The Morgan fingerprint density at radius 3 is 2.90 bits per heavy atom. The second-order valence-corrected chi connectivity index (χ2v) is 3.98. The van der Waals surface area contributed by atoms with Crippen LogP contribution in [0.4, 0.5) is 5.82 Å². The van der Waals surface area contributed by atoms with E-state index in [1.54, 1.807) is 0 Å². The summed E-state index contributed by atoms with van der Waals surface area (Å²) in [4.78, 5) is 31.8. The van der Waals surface area contributed by atoms with Crippen molar-refractivity contribution in [2.75, 3.05) is 0 Å². The number of amides is 1. The van der Waals surface area contributed by atoms with E-state index in [2.05, 4.69) is 25.5 Å². The van der Waals surface area contributed by atoms with E-state index < -0.39 is 10.8 Å². The fourth-order valence-electron chi connectivity index (χ4n) is 1.36. The van der Waals surface area contributed by atoms with Crippen molar-refractivity contribution in [1.29, 1.82) is 0 Å². The molecule has 0 unspecified atom stereocenters. The van der Waals surface area contributed by atoms with Gasteiger partial charge in [0.25, 0.3) is 5.82 Å². The van der Waals surface area contributed by atoms with Crippen LogP contribution in [-0.4, -0.2) is 36.6 Å². The van der Waals surface area contributed by atoms with E-state index in [-0.39, 0.29) is 11.6 Å². The molecule has 0 bridgehead atoms. The third kappa shape index (κ3) is 2.80. The highest BCUT2D eigenvalue weighted by atomic mass is 35.5. The summed E-state index contributed by atoms with van der Waals surface area (Å²) in [6, 6.07) is 0. The molecule has 1 amide bonds. The first-order chi connectivity index (χ1) is 9.49. The molecule has 10 nitrogen and oxygen atoms in total. The van der Waals surface area contributed by atoms with E-state index in [4.69, 9.17) is 11.6 Å². The summed E-state index contributed by atoms with van der Waals surface area (Å²) >= 11 is 5.61. The molecule has 0 fully saturated rings. The Morgan fingerprint density at radius 1 is 1.60 bits per heavy atom. The number of aromatic amines is 1. The molecule has 2 heterocycles. The van der Waals surface area contributed by atoms with Crippen molar-refractivity contribution in [3.63, 3.8) is 0 Å². The molecule has 2 rings (SSSR count). The molecular formula is C9H8ClN7O3.